The van der Waals surface area contributed by atoms with E-state index in [9.17, 15) is 0 Å². The van der Waals surface area contributed by atoms with Crippen LogP contribution in [0.15, 0.2) is 4.52 Å². The summed E-state index contributed by atoms with van der Waals surface area (Å²) in [7, 11) is 1.74. The van der Waals surface area contributed by atoms with Crippen LogP contribution in [0.1, 0.15) is 64.6 Å². The van der Waals surface area contributed by atoms with Crippen LogP contribution in [-0.4, -0.2) is 23.8 Å². The molecular formula is C15H27N3O2. The lowest BCUT2D eigenvalue weighted by Crippen LogP contribution is -2.35. The molecule has 1 fully saturated rings. The predicted molar refractivity (Wildman–Crippen MR) is 77.3 cm³/mol. The second-order valence-electron chi connectivity index (χ2n) is 6.42. The Bertz CT molecular complexity index is 432. The van der Waals surface area contributed by atoms with E-state index in [1.54, 1.807) is 7.11 Å². The molecule has 0 aliphatic heterocycles. The molecule has 5 nitrogen and oxygen atoms in total. The molecule has 0 bridgehead atoms. The zero-order valence-corrected chi connectivity index (χ0v) is 13.1. The van der Waals surface area contributed by atoms with Gasteiger partial charge in [0.05, 0.1) is 5.41 Å². The standard InChI is InChI=1S/C15H27N3O2/c1-5-14(3,10-16)13-17-12(18-20-13)15(19-4)8-6-11(2)7-9-15/h11H,5-10,16H2,1-4H3. The highest BCUT2D eigenvalue weighted by molar-refractivity contribution is 5.09. The van der Waals surface area contributed by atoms with Crippen LogP contribution in [0.5, 0.6) is 0 Å². The largest absolute Gasteiger partial charge is 0.370 e. The van der Waals surface area contributed by atoms with Crippen LogP contribution in [-0.2, 0) is 15.8 Å². The topological polar surface area (TPSA) is 74.2 Å². The van der Waals surface area contributed by atoms with E-state index >= 15 is 0 Å². The van der Waals surface area contributed by atoms with Crippen molar-refractivity contribution in [2.45, 2.75) is 63.9 Å². The fourth-order valence-electron chi connectivity index (χ4n) is 2.78. The number of nitrogens with two attached hydrogens (primary N) is 1. The molecule has 0 aromatic carbocycles. The maximum atomic E-state index is 5.86. The molecule has 1 atom stereocenters. The molecule has 0 spiro atoms. The summed E-state index contributed by atoms with van der Waals surface area (Å²) in [6.07, 6.45) is 5.06. The van der Waals surface area contributed by atoms with E-state index in [0.29, 0.717) is 18.3 Å². The number of hydrogen-bond acceptors (Lipinski definition) is 5. The molecule has 1 saturated carbocycles. The van der Waals surface area contributed by atoms with Gasteiger partial charge in [-0.3, -0.25) is 0 Å². The van der Waals surface area contributed by atoms with Crippen LogP contribution >= 0.6 is 0 Å². The molecule has 1 heterocycles. The summed E-state index contributed by atoms with van der Waals surface area (Å²) < 4.78 is 11.3. The first-order valence-electron chi connectivity index (χ1n) is 7.59. The van der Waals surface area contributed by atoms with Crippen molar-refractivity contribution in [1.29, 1.82) is 0 Å². The van der Waals surface area contributed by atoms with Crippen LogP contribution < -0.4 is 5.73 Å². The van der Waals surface area contributed by atoms with Crippen molar-refractivity contribution in [1.82, 2.24) is 10.1 Å². The highest BCUT2D eigenvalue weighted by Crippen LogP contribution is 2.41. The molecule has 2 N–H and O–H groups in total. The van der Waals surface area contributed by atoms with E-state index in [0.717, 1.165) is 38.0 Å². The van der Waals surface area contributed by atoms with Crippen molar-refractivity contribution in [3.05, 3.63) is 11.7 Å². The first kappa shape index (κ1) is 15.4. The van der Waals surface area contributed by atoms with Gasteiger partial charge >= 0.3 is 0 Å². The van der Waals surface area contributed by atoms with E-state index in [1.807, 2.05) is 0 Å². The Balaban J connectivity index is 2.27. The third-order valence-corrected chi connectivity index (χ3v) is 5.05. The number of rotatable bonds is 5. The summed E-state index contributed by atoms with van der Waals surface area (Å²) >= 11 is 0. The second kappa shape index (κ2) is 5.82. The Hall–Kier alpha value is -0.940. The lowest BCUT2D eigenvalue weighted by molar-refractivity contribution is -0.0609. The van der Waals surface area contributed by atoms with Gasteiger partial charge in [-0.15, -0.1) is 0 Å². The van der Waals surface area contributed by atoms with Crippen LogP contribution in [0.3, 0.4) is 0 Å². The van der Waals surface area contributed by atoms with E-state index in [4.69, 9.17) is 15.0 Å². The summed E-state index contributed by atoms with van der Waals surface area (Å²) in [5.74, 6) is 2.07. The Labute approximate surface area is 121 Å². The monoisotopic (exact) mass is 281 g/mol. The lowest BCUT2D eigenvalue weighted by atomic mass is 9.79. The zero-order chi connectivity index (χ0) is 14.8. The second-order valence-corrected chi connectivity index (χ2v) is 6.42. The number of aromatic nitrogens is 2. The maximum Gasteiger partial charge on any atom is 0.233 e. The number of hydrogen-bond donors (Lipinski definition) is 1. The van der Waals surface area contributed by atoms with E-state index < -0.39 is 0 Å². The first-order valence-corrected chi connectivity index (χ1v) is 7.59. The van der Waals surface area contributed by atoms with Gasteiger partial charge in [0.1, 0.15) is 5.60 Å². The van der Waals surface area contributed by atoms with Crippen molar-refractivity contribution in [3.8, 4) is 0 Å². The van der Waals surface area contributed by atoms with Crippen molar-refractivity contribution in [2.24, 2.45) is 11.7 Å². The van der Waals surface area contributed by atoms with Crippen LogP contribution in [0.25, 0.3) is 0 Å². The lowest BCUT2D eigenvalue weighted by Gasteiger charge is -2.35. The molecule has 1 aromatic rings. The summed E-state index contributed by atoms with van der Waals surface area (Å²) in [5.41, 5.74) is 5.24. The third-order valence-electron chi connectivity index (χ3n) is 5.05. The van der Waals surface area contributed by atoms with Gasteiger partial charge in [-0.05, 0) is 44.9 Å². The molecule has 1 aromatic heterocycles. The Kier molecular flexibility index (Phi) is 4.49. The van der Waals surface area contributed by atoms with Gasteiger partial charge in [-0.2, -0.15) is 4.98 Å². The predicted octanol–water partition coefficient (Wildman–Crippen LogP) is 2.75. The quantitative estimate of drug-likeness (QED) is 0.898. The highest BCUT2D eigenvalue weighted by atomic mass is 16.5. The van der Waals surface area contributed by atoms with E-state index in [1.165, 1.54) is 0 Å². The van der Waals surface area contributed by atoms with E-state index in [2.05, 4.69) is 30.9 Å². The SMILES string of the molecule is CCC(C)(CN)c1nc(C2(OC)CCC(C)CC2)no1. The molecule has 1 aliphatic rings. The van der Waals surface area contributed by atoms with Gasteiger partial charge < -0.3 is 15.0 Å². The normalized spacial score (nSPS) is 30.1. The summed E-state index contributed by atoms with van der Waals surface area (Å²) in [4.78, 5) is 4.63. The highest BCUT2D eigenvalue weighted by Gasteiger charge is 2.41. The molecule has 20 heavy (non-hydrogen) atoms. The minimum absolute atomic E-state index is 0.248. The molecule has 0 amide bonds. The maximum absolute atomic E-state index is 5.86. The molecule has 114 valence electrons. The molecule has 1 unspecified atom stereocenters. The van der Waals surface area contributed by atoms with E-state index in [-0.39, 0.29) is 11.0 Å². The van der Waals surface area contributed by atoms with Crippen LogP contribution in [0.2, 0.25) is 0 Å². The number of nitrogens with zero attached hydrogens (tertiary/aromatic N) is 2. The fraction of sp³-hybridized carbons (Fsp3) is 0.867. The first-order chi connectivity index (χ1) is 9.49. The molecule has 2 rings (SSSR count). The summed E-state index contributed by atoms with van der Waals surface area (Å²) in [6.45, 7) is 6.93. The van der Waals surface area contributed by atoms with Crippen LogP contribution in [0.4, 0.5) is 0 Å². The zero-order valence-electron chi connectivity index (χ0n) is 13.1. The van der Waals surface area contributed by atoms with Crippen molar-refractivity contribution >= 4 is 0 Å². The fourth-order valence-corrected chi connectivity index (χ4v) is 2.78. The van der Waals surface area contributed by atoms with Crippen LogP contribution in [0, 0.1) is 5.92 Å². The average molecular weight is 281 g/mol. The molecule has 0 radical (unpaired) electrons. The van der Waals surface area contributed by atoms with Gasteiger partial charge in [0.2, 0.25) is 11.7 Å². The van der Waals surface area contributed by atoms with Crippen molar-refractivity contribution in [3.63, 3.8) is 0 Å². The minimum Gasteiger partial charge on any atom is -0.370 e. The van der Waals surface area contributed by atoms with Gasteiger partial charge in [0, 0.05) is 13.7 Å². The molecule has 5 heteroatoms. The Morgan fingerprint density at radius 3 is 2.60 bits per heavy atom. The smallest absolute Gasteiger partial charge is 0.233 e. The molecule has 0 saturated heterocycles. The van der Waals surface area contributed by atoms with Gasteiger partial charge in [-0.1, -0.05) is 19.0 Å². The van der Waals surface area contributed by atoms with Gasteiger partial charge in [0.25, 0.3) is 0 Å². The summed E-state index contributed by atoms with van der Waals surface area (Å²) in [5, 5.41) is 4.20. The van der Waals surface area contributed by atoms with Crippen molar-refractivity contribution < 1.29 is 9.26 Å². The molecule has 1 aliphatic carbocycles. The number of methoxy groups -OCH3 is 1. The minimum atomic E-state index is -0.377. The van der Waals surface area contributed by atoms with Gasteiger partial charge in [0.15, 0.2) is 0 Å². The molecular weight excluding hydrogens is 254 g/mol. The average Bonchev–Trinajstić information content (AvgIpc) is 2.98. The third kappa shape index (κ3) is 2.61. The Morgan fingerprint density at radius 2 is 2.10 bits per heavy atom. The van der Waals surface area contributed by atoms with Crippen molar-refractivity contribution in [2.75, 3.05) is 13.7 Å². The number of ether oxygens (including phenoxy) is 1. The Morgan fingerprint density at radius 1 is 1.45 bits per heavy atom. The summed E-state index contributed by atoms with van der Waals surface area (Å²) in [6, 6.07) is 0. The van der Waals surface area contributed by atoms with Gasteiger partial charge in [-0.25, -0.2) is 0 Å².